The highest BCUT2D eigenvalue weighted by Gasteiger charge is 2.30. The summed E-state index contributed by atoms with van der Waals surface area (Å²) in [6.45, 7) is 13.8. The molecule has 0 radical (unpaired) electrons. The van der Waals surface area contributed by atoms with Gasteiger partial charge in [-0.25, -0.2) is 9.59 Å². The average Bonchev–Trinajstić information content (AvgIpc) is 3.21. The second-order valence-corrected chi connectivity index (χ2v) is 11.3. The van der Waals surface area contributed by atoms with Crippen LogP contribution in [0.2, 0.25) is 0 Å². The smallest absolute Gasteiger partial charge is 0.410 e. The van der Waals surface area contributed by atoms with E-state index in [2.05, 4.69) is 10.3 Å². The van der Waals surface area contributed by atoms with Crippen molar-refractivity contribution >= 4 is 12.2 Å². The number of ether oxygens (including phenoxy) is 2. The van der Waals surface area contributed by atoms with Crippen molar-refractivity contribution in [3.8, 4) is 0 Å². The number of rotatable bonds is 10. The van der Waals surface area contributed by atoms with Gasteiger partial charge < -0.3 is 25.0 Å². The van der Waals surface area contributed by atoms with E-state index in [1.807, 2.05) is 52.6 Å². The molecule has 10 nitrogen and oxygen atoms in total. The predicted molar refractivity (Wildman–Crippen MR) is 135 cm³/mol. The van der Waals surface area contributed by atoms with E-state index in [-0.39, 0.29) is 18.2 Å². The van der Waals surface area contributed by atoms with Crippen molar-refractivity contribution in [3.63, 3.8) is 0 Å². The third-order valence-electron chi connectivity index (χ3n) is 5.73. The molecule has 0 unspecified atom stereocenters. The van der Waals surface area contributed by atoms with Crippen molar-refractivity contribution < 1.29 is 19.1 Å². The van der Waals surface area contributed by atoms with Crippen LogP contribution in [-0.2, 0) is 22.6 Å². The van der Waals surface area contributed by atoms with Gasteiger partial charge in [0.15, 0.2) is 0 Å². The lowest BCUT2D eigenvalue weighted by Gasteiger charge is -2.36. The zero-order valence-electron chi connectivity index (χ0n) is 22.6. The van der Waals surface area contributed by atoms with Crippen LogP contribution in [0.15, 0.2) is 6.20 Å². The van der Waals surface area contributed by atoms with Crippen molar-refractivity contribution in [2.75, 3.05) is 19.6 Å². The molecule has 1 saturated carbocycles. The Bertz CT molecular complexity index is 793. The summed E-state index contributed by atoms with van der Waals surface area (Å²) in [7, 11) is 0. The van der Waals surface area contributed by atoms with Gasteiger partial charge >= 0.3 is 12.2 Å². The number of amides is 2. The summed E-state index contributed by atoms with van der Waals surface area (Å²) >= 11 is 0. The van der Waals surface area contributed by atoms with E-state index < -0.39 is 11.2 Å². The first-order valence-corrected chi connectivity index (χ1v) is 12.9. The van der Waals surface area contributed by atoms with Gasteiger partial charge in [-0.2, -0.15) is 0 Å². The van der Waals surface area contributed by atoms with Gasteiger partial charge in [-0.15, -0.1) is 5.10 Å². The Balaban J connectivity index is 1.99. The number of hydrogen-bond donors (Lipinski definition) is 1. The Kier molecular flexibility index (Phi) is 10.8. The maximum Gasteiger partial charge on any atom is 0.410 e. The lowest BCUT2D eigenvalue weighted by atomic mass is 9.94. The lowest BCUT2D eigenvalue weighted by Crippen LogP contribution is -2.46. The highest BCUT2D eigenvalue weighted by Crippen LogP contribution is 2.25. The molecule has 0 bridgehead atoms. The number of carbonyl (C=O) groups excluding carboxylic acids is 2. The predicted octanol–water partition coefficient (Wildman–Crippen LogP) is 4.32. The average molecular weight is 495 g/mol. The summed E-state index contributed by atoms with van der Waals surface area (Å²) in [6, 6.07) is 0.192. The van der Waals surface area contributed by atoms with Crippen LogP contribution in [0.3, 0.4) is 0 Å². The molecule has 200 valence electrons. The third kappa shape index (κ3) is 10.8. The molecule has 0 saturated heterocycles. The van der Waals surface area contributed by atoms with E-state index in [0.29, 0.717) is 45.6 Å². The van der Waals surface area contributed by atoms with E-state index in [1.54, 1.807) is 9.58 Å². The molecule has 0 spiro atoms. The minimum atomic E-state index is -0.581. The van der Waals surface area contributed by atoms with Crippen LogP contribution in [0.4, 0.5) is 9.59 Å². The monoisotopic (exact) mass is 494 g/mol. The molecule has 2 N–H and O–H groups in total. The molecule has 0 atom stereocenters. The van der Waals surface area contributed by atoms with Crippen LogP contribution in [0.5, 0.6) is 0 Å². The summed E-state index contributed by atoms with van der Waals surface area (Å²) in [5.41, 5.74) is 5.21. The van der Waals surface area contributed by atoms with Crippen LogP contribution in [0.25, 0.3) is 0 Å². The fourth-order valence-corrected chi connectivity index (χ4v) is 4.15. The molecule has 1 aliphatic rings. The van der Waals surface area contributed by atoms with Crippen molar-refractivity contribution in [3.05, 3.63) is 11.9 Å². The molecule has 0 aromatic carbocycles. The van der Waals surface area contributed by atoms with Gasteiger partial charge in [-0.3, -0.25) is 4.68 Å². The Morgan fingerprint density at radius 3 is 2.14 bits per heavy atom. The van der Waals surface area contributed by atoms with Gasteiger partial charge in [0.05, 0.1) is 5.69 Å². The first-order valence-electron chi connectivity index (χ1n) is 12.9. The molecule has 2 rings (SSSR count). The molecular weight excluding hydrogens is 448 g/mol. The van der Waals surface area contributed by atoms with E-state index in [1.165, 1.54) is 6.42 Å². The second-order valence-electron chi connectivity index (χ2n) is 11.3. The van der Waals surface area contributed by atoms with Crippen LogP contribution in [0, 0.1) is 0 Å². The molecule has 1 heterocycles. The lowest BCUT2D eigenvalue weighted by molar-refractivity contribution is 0.00995. The van der Waals surface area contributed by atoms with E-state index in [0.717, 1.165) is 31.4 Å². The molecule has 1 aliphatic carbocycles. The first-order chi connectivity index (χ1) is 16.4. The SMILES string of the molecule is CC(C)(C)OC(=O)N(CCCN(C(=O)OC(C)(C)C)C1CCCCC1)CCCn1cc(CN)nn1. The zero-order valence-corrected chi connectivity index (χ0v) is 22.6. The zero-order chi connectivity index (χ0) is 26.1. The summed E-state index contributed by atoms with van der Waals surface area (Å²) in [6.07, 6.45) is 8.01. The van der Waals surface area contributed by atoms with Gasteiger partial charge in [0.2, 0.25) is 0 Å². The van der Waals surface area contributed by atoms with Crippen LogP contribution in [-0.4, -0.2) is 73.9 Å². The molecule has 0 aliphatic heterocycles. The largest absolute Gasteiger partial charge is 0.444 e. The highest BCUT2D eigenvalue weighted by atomic mass is 16.6. The quantitative estimate of drug-likeness (QED) is 0.515. The van der Waals surface area contributed by atoms with Crippen LogP contribution >= 0.6 is 0 Å². The maximum atomic E-state index is 13.0. The number of aromatic nitrogens is 3. The van der Waals surface area contributed by atoms with Crippen molar-refractivity contribution in [2.24, 2.45) is 5.73 Å². The first kappa shape index (κ1) is 28.9. The Labute approximate surface area is 210 Å². The molecule has 1 aromatic heterocycles. The number of carbonyl (C=O) groups is 2. The van der Waals surface area contributed by atoms with Crippen LogP contribution in [0.1, 0.15) is 92.2 Å². The van der Waals surface area contributed by atoms with Gasteiger partial charge in [0.25, 0.3) is 0 Å². The number of nitrogens with two attached hydrogens (primary N) is 1. The van der Waals surface area contributed by atoms with Gasteiger partial charge in [-0.1, -0.05) is 24.5 Å². The van der Waals surface area contributed by atoms with E-state index in [9.17, 15) is 9.59 Å². The van der Waals surface area contributed by atoms with Gasteiger partial charge in [0, 0.05) is 45.0 Å². The van der Waals surface area contributed by atoms with E-state index in [4.69, 9.17) is 15.2 Å². The van der Waals surface area contributed by atoms with Crippen molar-refractivity contribution in [2.45, 2.75) is 117 Å². The summed E-state index contributed by atoms with van der Waals surface area (Å²) in [4.78, 5) is 29.5. The summed E-state index contributed by atoms with van der Waals surface area (Å²) < 4.78 is 13.1. The molecule has 2 amide bonds. The van der Waals surface area contributed by atoms with Crippen LogP contribution < -0.4 is 5.73 Å². The standard InChI is InChI=1S/C25H46N6O4/c1-24(2,3)34-22(32)29(14-10-16-30-19-20(18-26)27-28-30)15-11-17-31(21-12-8-7-9-13-21)23(33)35-25(4,5)6/h19,21H,7-18,26H2,1-6H3. The number of aryl methyl sites for hydroxylation is 1. The normalized spacial score (nSPS) is 15.1. The minimum absolute atomic E-state index is 0.192. The summed E-state index contributed by atoms with van der Waals surface area (Å²) in [5, 5.41) is 8.07. The molecule has 10 heteroatoms. The molecular formula is C25H46N6O4. The number of nitrogens with zero attached hydrogens (tertiary/aromatic N) is 5. The van der Waals surface area contributed by atoms with E-state index >= 15 is 0 Å². The minimum Gasteiger partial charge on any atom is -0.444 e. The molecule has 35 heavy (non-hydrogen) atoms. The number of hydrogen-bond acceptors (Lipinski definition) is 7. The molecule has 1 fully saturated rings. The van der Waals surface area contributed by atoms with Gasteiger partial charge in [-0.05, 0) is 67.2 Å². The Morgan fingerprint density at radius 2 is 1.57 bits per heavy atom. The van der Waals surface area contributed by atoms with Crippen molar-refractivity contribution in [1.29, 1.82) is 0 Å². The highest BCUT2D eigenvalue weighted by molar-refractivity contribution is 5.69. The molecule has 1 aromatic rings. The third-order valence-corrected chi connectivity index (χ3v) is 5.73. The summed E-state index contributed by atoms with van der Waals surface area (Å²) in [5.74, 6) is 0. The fourth-order valence-electron chi connectivity index (χ4n) is 4.15. The fraction of sp³-hybridized carbons (Fsp3) is 0.840. The Morgan fingerprint density at radius 1 is 0.971 bits per heavy atom. The van der Waals surface area contributed by atoms with Gasteiger partial charge in [0.1, 0.15) is 11.2 Å². The topological polar surface area (TPSA) is 116 Å². The van der Waals surface area contributed by atoms with Crippen molar-refractivity contribution in [1.82, 2.24) is 24.8 Å². The Hall–Kier alpha value is -2.36. The maximum absolute atomic E-state index is 13.0. The second kappa shape index (κ2) is 13.1.